The zero-order valence-electron chi connectivity index (χ0n) is 19.1. The first-order valence-electron chi connectivity index (χ1n) is 10.9. The van der Waals surface area contributed by atoms with E-state index in [1.54, 1.807) is 18.3 Å². The summed E-state index contributed by atoms with van der Waals surface area (Å²) in [4.78, 5) is 8.61. The van der Waals surface area contributed by atoms with E-state index in [0.29, 0.717) is 47.9 Å². The number of likely N-dealkylation sites (tertiary alicyclic amines) is 1. The third-order valence-electron chi connectivity index (χ3n) is 6.51. The van der Waals surface area contributed by atoms with Crippen LogP contribution < -0.4 is 15.4 Å². The highest BCUT2D eigenvalue weighted by Crippen LogP contribution is 2.57. The van der Waals surface area contributed by atoms with Crippen LogP contribution in [0.1, 0.15) is 44.7 Å². The molecule has 2 N–H and O–H groups in total. The number of piperidine rings is 1. The Labute approximate surface area is 187 Å². The Morgan fingerprint density at radius 1 is 1.12 bits per heavy atom. The van der Waals surface area contributed by atoms with Crippen LogP contribution in [0.2, 0.25) is 0 Å². The molecule has 0 amide bonds. The first-order valence-corrected chi connectivity index (χ1v) is 10.9. The molecule has 2 aliphatic heterocycles. The van der Waals surface area contributed by atoms with Gasteiger partial charge in [0.05, 0.1) is 24.0 Å². The van der Waals surface area contributed by atoms with Crippen LogP contribution in [-0.4, -0.2) is 43.2 Å². The van der Waals surface area contributed by atoms with Gasteiger partial charge < -0.3 is 20.3 Å². The molecular weight excluding hydrogens is 417 g/mol. The van der Waals surface area contributed by atoms with Crippen LogP contribution >= 0.6 is 0 Å². The number of anilines is 3. The number of alkyl halides is 3. The van der Waals surface area contributed by atoms with Crippen molar-refractivity contribution in [2.75, 3.05) is 43.9 Å². The van der Waals surface area contributed by atoms with Crippen molar-refractivity contribution in [1.82, 2.24) is 9.88 Å². The lowest BCUT2D eigenvalue weighted by Gasteiger charge is -2.42. The van der Waals surface area contributed by atoms with E-state index in [1.165, 1.54) is 13.2 Å². The first kappa shape index (κ1) is 22.7. The van der Waals surface area contributed by atoms with Gasteiger partial charge in [-0.05, 0) is 61.2 Å². The van der Waals surface area contributed by atoms with Crippen molar-refractivity contribution in [3.8, 4) is 5.75 Å². The lowest BCUT2D eigenvalue weighted by atomic mass is 9.72. The normalized spacial score (nSPS) is 18.8. The van der Waals surface area contributed by atoms with Crippen molar-refractivity contribution < 1.29 is 17.9 Å². The van der Waals surface area contributed by atoms with Crippen molar-refractivity contribution in [1.29, 1.82) is 0 Å². The van der Waals surface area contributed by atoms with Gasteiger partial charge in [-0.3, -0.25) is 0 Å². The Morgan fingerprint density at radius 2 is 1.81 bits per heavy atom. The van der Waals surface area contributed by atoms with Gasteiger partial charge in [0.1, 0.15) is 5.75 Å². The Bertz CT molecular complexity index is 992. The average Bonchev–Trinajstić information content (AvgIpc) is 3.03. The van der Waals surface area contributed by atoms with Crippen LogP contribution in [0, 0.1) is 5.41 Å². The van der Waals surface area contributed by atoms with Gasteiger partial charge in [-0.1, -0.05) is 20.8 Å². The number of hydrogen-bond acceptors (Lipinski definition) is 5. The van der Waals surface area contributed by atoms with E-state index in [-0.39, 0.29) is 5.41 Å². The molecule has 5 nitrogen and oxygen atoms in total. The number of nitrogen functional groups attached to an aromatic ring is 1. The third kappa shape index (κ3) is 4.00. The second-order valence-corrected chi connectivity index (χ2v) is 10.2. The summed E-state index contributed by atoms with van der Waals surface area (Å²) in [5.41, 5.74) is 6.30. The number of nitrogens with zero attached hydrogens (tertiary/aromatic N) is 3. The number of ether oxygens (including phenoxy) is 1. The van der Waals surface area contributed by atoms with Gasteiger partial charge in [0, 0.05) is 24.7 Å². The number of halogens is 3. The monoisotopic (exact) mass is 448 g/mol. The van der Waals surface area contributed by atoms with E-state index in [9.17, 15) is 13.2 Å². The Morgan fingerprint density at radius 3 is 2.38 bits per heavy atom. The highest BCUT2D eigenvalue weighted by atomic mass is 19.4. The van der Waals surface area contributed by atoms with Gasteiger partial charge in [0.2, 0.25) is 0 Å². The lowest BCUT2D eigenvalue weighted by molar-refractivity contribution is -0.138. The maximum atomic E-state index is 14.2. The SMILES string of the molecule is COc1ccc(C(F)(F)F)c2c1N(c1ncccc1N)CC21CCN(CC(C)(C)C)CC1. The van der Waals surface area contributed by atoms with Crippen molar-refractivity contribution >= 4 is 17.2 Å². The molecule has 1 spiro atoms. The first-order chi connectivity index (χ1) is 15.0. The van der Waals surface area contributed by atoms with Crippen LogP contribution in [0.5, 0.6) is 5.75 Å². The number of benzene rings is 1. The summed E-state index contributed by atoms with van der Waals surface area (Å²) in [5, 5.41) is 0. The molecule has 0 saturated carbocycles. The third-order valence-corrected chi connectivity index (χ3v) is 6.51. The van der Waals surface area contributed by atoms with Crippen LogP contribution in [0.15, 0.2) is 30.5 Å². The molecule has 0 radical (unpaired) electrons. The fraction of sp³-hybridized carbons (Fsp3) is 0.542. The highest BCUT2D eigenvalue weighted by molar-refractivity contribution is 5.82. The molecule has 32 heavy (non-hydrogen) atoms. The van der Waals surface area contributed by atoms with Gasteiger partial charge in [0.25, 0.3) is 0 Å². The number of nitrogens with two attached hydrogens (primary N) is 1. The molecule has 1 aromatic heterocycles. The van der Waals surface area contributed by atoms with E-state index in [4.69, 9.17) is 10.5 Å². The number of aromatic nitrogens is 1. The van der Waals surface area contributed by atoms with Gasteiger partial charge >= 0.3 is 6.18 Å². The Balaban J connectivity index is 1.84. The molecule has 0 aliphatic carbocycles. The fourth-order valence-corrected chi connectivity index (χ4v) is 5.27. The van der Waals surface area contributed by atoms with Gasteiger partial charge in [-0.2, -0.15) is 13.2 Å². The topological polar surface area (TPSA) is 54.6 Å². The van der Waals surface area contributed by atoms with Crippen molar-refractivity contribution in [2.45, 2.75) is 45.2 Å². The molecule has 2 aliphatic rings. The summed E-state index contributed by atoms with van der Waals surface area (Å²) in [5.74, 6) is 0.882. The van der Waals surface area contributed by atoms with E-state index in [1.807, 2.05) is 4.90 Å². The minimum atomic E-state index is -4.46. The maximum Gasteiger partial charge on any atom is 0.416 e. The Hall–Kier alpha value is -2.48. The number of fused-ring (bicyclic) bond motifs is 2. The number of hydrogen-bond donors (Lipinski definition) is 1. The summed E-state index contributed by atoms with van der Waals surface area (Å²) >= 11 is 0. The Kier molecular flexibility index (Phi) is 5.56. The summed E-state index contributed by atoms with van der Waals surface area (Å²) < 4.78 is 48.2. The highest BCUT2D eigenvalue weighted by Gasteiger charge is 2.52. The van der Waals surface area contributed by atoms with Gasteiger partial charge in [-0.25, -0.2) is 4.98 Å². The number of rotatable bonds is 3. The maximum absolute atomic E-state index is 14.2. The molecule has 4 rings (SSSR count). The number of pyridine rings is 1. The molecule has 2 aromatic rings. The second kappa shape index (κ2) is 7.83. The molecule has 3 heterocycles. The van der Waals surface area contributed by atoms with Gasteiger partial charge in [0.15, 0.2) is 5.82 Å². The molecule has 1 saturated heterocycles. The minimum Gasteiger partial charge on any atom is -0.495 e. The average molecular weight is 449 g/mol. The van der Waals surface area contributed by atoms with Crippen LogP contribution in [0.25, 0.3) is 0 Å². The quantitative estimate of drug-likeness (QED) is 0.698. The predicted octanol–water partition coefficient (Wildman–Crippen LogP) is 5.22. The molecule has 0 atom stereocenters. The zero-order chi connectivity index (χ0) is 23.3. The van der Waals surface area contributed by atoms with E-state index in [0.717, 1.165) is 25.7 Å². The van der Waals surface area contributed by atoms with Crippen molar-refractivity contribution in [3.63, 3.8) is 0 Å². The molecule has 174 valence electrons. The molecule has 0 bridgehead atoms. The summed E-state index contributed by atoms with van der Waals surface area (Å²) in [6, 6.07) is 6.01. The summed E-state index contributed by atoms with van der Waals surface area (Å²) in [7, 11) is 1.49. The molecular formula is C24H31F3N4O. The van der Waals surface area contributed by atoms with Crippen LogP contribution in [0.4, 0.5) is 30.4 Å². The fourth-order valence-electron chi connectivity index (χ4n) is 5.27. The summed E-state index contributed by atoms with van der Waals surface area (Å²) in [6.07, 6.45) is -1.58. The van der Waals surface area contributed by atoms with Gasteiger partial charge in [-0.15, -0.1) is 0 Å². The van der Waals surface area contributed by atoms with Crippen molar-refractivity contribution in [3.05, 3.63) is 41.6 Å². The van der Waals surface area contributed by atoms with E-state index in [2.05, 4.69) is 30.7 Å². The largest absolute Gasteiger partial charge is 0.495 e. The predicted molar refractivity (Wildman–Crippen MR) is 120 cm³/mol. The van der Waals surface area contributed by atoms with Crippen molar-refractivity contribution in [2.24, 2.45) is 5.41 Å². The lowest BCUT2D eigenvalue weighted by Crippen LogP contribution is -2.47. The standard InChI is InChI=1S/C24H31F3N4O/c1-22(2,3)14-30-12-9-23(10-13-30)15-31(21-17(28)6-5-11-29-21)20-18(32-4)8-7-16(19(20)23)24(25,26)27/h5-8,11H,9-10,12-15,28H2,1-4H3. The minimum absolute atomic E-state index is 0.132. The molecule has 0 unspecified atom stereocenters. The second-order valence-electron chi connectivity index (χ2n) is 10.2. The van der Waals surface area contributed by atoms with Crippen LogP contribution in [0.3, 0.4) is 0 Å². The van der Waals surface area contributed by atoms with E-state index < -0.39 is 17.2 Å². The molecule has 1 fully saturated rings. The van der Waals surface area contributed by atoms with E-state index >= 15 is 0 Å². The molecule has 8 heteroatoms. The zero-order valence-corrected chi connectivity index (χ0v) is 19.1. The number of methoxy groups -OCH3 is 1. The molecule has 1 aromatic carbocycles. The summed E-state index contributed by atoms with van der Waals surface area (Å²) in [6.45, 7) is 9.35. The van der Waals surface area contributed by atoms with Crippen LogP contribution in [-0.2, 0) is 11.6 Å². The smallest absolute Gasteiger partial charge is 0.416 e.